The predicted octanol–water partition coefficient (Wildman–Crippen LogP) is 4.10. The number of hydrogen-bond acceptors (Lipinski definition) is 4. The third-order valence-corrected chi connectivity index (χ3v) is 8.48. The van der Waals surface area contributed by atoms with E-state index in [1.54, 1.807) is 22.3 Å². The van der Waals surface area contributed by atoms with Crippen molar-refractivity contribution in [2.75, 3.05) is 13.1 Å². The standard InChI is InChI=1S/C17H23NO3SSi/c1-6-18(7-2)17(20)21-15-13(11-19)9-8-12-10-14(22-16(12)15)23(3,4)5/h8-11H,6-7H2,1-5H3. The average molecular weight is 350 g/mol. The molecular weight excluding hydrogens is 326 g/mol. The normalized spacial score (nSPS) is 11.5. The third kappa shape index (κ3) is 3.64. The first-order valence-electron chi connectivity index (χ1n) is 7.80. The smallest absolute Gasteiger partial charge is 0.408 e. The lowest BCUT2D eigenvalue weighted by atomic mass is 10.2. The first-order chi connectivity index (χ1) is 10.8. The van der Waals surface area contributed by atoms with Gasteiger partial charge in [-0.25, -0.2) is 4.79 Å². The van der Waals surface area contributed by atoms with Gasteiger partial charge in [-0.15, -0.1) is 11.3 Å². The Morgan fingerprint density at radius 3 is 2.43 bits per heavy atom. The summed E-state index contributed by atoms with van der Waals surface area (Å²) in [6.07, 6.45) is 0.339. The summed E-state index contributed by atoms with van der Waals surface area (Å²) in [4.78, 5) is 25.3. The molecule has 6 heteroatoms. The van der Waals surface area contributed by atoms with Crippen molar-refractivity contribution in [3.63, 3.8) is 0 Å². The Hall–Kier alpha value is -1.66. The maximum Gasteiger partial charge on any atom is 0.415 e. The molecule has 1 aromatic heterocycles. The first kappa shape index (κ1) is 17.7. The van der Waals surface area contributed by atoms with E-state index in [1.807, 2.05) is 19.9 Å². The zero-order valence-electron chi connectivity index (χ0n) is 14.3. The van der Waals surface area contributed by atoms with Crippen LogP contribution in [0, 0.1) is 0 Å². The molecule has 0 aliphatic heterocycles. The number of benzene rings is 1. The Bertz CT molecular complexity index is 729. The molecule has 4 nitrogen and oxygen atoms in total. The zero-order valence-corrected chi connectivity index (χ0v) is 16.1. The summed E-state index contributed by atoms with van der Waals surface area (Å²) in [5, 5.41) is 1.03. The Morgan fingerprint density at radius 1 is 1.26 bits per heavy atom. The highest BCUT2D eigenvalue weighted by Crippen LogP contribution is 2.34. The van der Waals surface area contributed by atoms with Crippen LogP contribution in [0.1, 0.15) is 24.2 Å². The lowest BCUT2D eigenvalue weighted by molar-refractivity contribution is 0.112. The van der Waals surface area contributed by atoms with E-state index in [0.717, 1.165) is 16.4 Å². The van der Waals surface area contributed by atoms with E-state index < -0.39 is 14.2 Å². The number of thiophene rings is 1. The Morgan fingerprint density at radius 2 is 1.91 bits per heavy atom. The highest BCUT2D eigenvalue weighted by molar-refractivity contribution is 7.31. The van der Waals surface area contributed by atoms with Crippen molar-refractivity contribution in [2.45, 2.75) is 33.5 Å². The van der Waals surface area contributed by atoms with E-state index in [4.69, 9.17) is 4.74 Å². The fraction of sp³-hybridized carbons (Fsp3) is 0.412. The molecule has 23 heavy (non-hydrogen) atoms. The van der Waals surface area contributed by atoms with Crippen LogP contribution in [0.25, 0.3) is 10.1 Å². The predicted molar refractivity (Wildman–Crippen MR) is 99.1 cm³/mol. The Kier molecular flexibility index (Phi) is 5.26. The second-order valence-corrected chi connectivity index (χ2v) is 12.9. The molecule has 0 saturated carbocycles. The maximum absolute atomic E-state index is 12.3. The van der Waals surface area contributed by atoms with Gasteiger partial charge in [-0.1, -0.05) is 25.7 Å². The highest BCUT2D eigenvalue weighted by Gasteiger charge is 2.23. The number of carbonyl (C=O) groups is 2. The van der Waals surface area contributed by atoms with Crippen LogP contribution in [0.4, 0.5) is 4.79 Å². The van der Waals surface area contributed by atoms with E-state index in [1.165, 1.54) is 4.50 Å². The fourth-order valence-electron chi connectivity index (χ4n) is 2.29. The van der Waals surface area contributed by atoms with Crippen molar-refractivity contribution in [1.82, 2.24) is 4.90 Å². The number of amides is 1. The number of rotatable bonds is 5. The molecule has 2 rings (SSSR count). The van der Waals surface area contributed by atoms with Crippen LogP contribution in [-0.4, -0.2) is 38.4 Å². The molecule has 0 aliphatic carbocycles. The van der Waals surface area contributed by atoms with E-state index in [0.29, 0.717) is 24.4 Å². The quantitative estimate of drug-likeness (QED) is 0.603. The minimum absolute atomic E-state index is 0.393. The van der Waals surface area contributed by atoms with Crippen molar-refractivity contribution in [2.24, 2.45) is 0 Å². The number of fused-ring (bicyclic) bond motifs is 1. The second kappa shape index (κ2) is 6.84. The molecule has 0 N–H and O–H groups in total. The second-order valence-electron chi connectivity index (χ2n) is 6.42. The molecule has 0 spiro atoms. The third-order valence-electron chi connectivity index (χ3n) is 3.75. The van der Waals surface area contributed by atoms with Crippen molar-refractivity contribution in [1.29, 1.82) is 0 Å². The maximum atomic E-state index is 12.3. The molecule has 0 radical (unpaired) electrons. The van der Waals surface area contributed by atoms with Gasteiger partial charge < -0.3 is 9.64 Å². The number of hydrogen-bond donors (Lipinski definition) is 0. The Balaban J connectivity index is 2.53. The van der Waals surface area contributed by atoms with E-state index in [9.17, 15) is 9.59 Å². The van der Waals surface area contributed by atoms with Gasteiger partial charge in [-0.05, 0) is 35.9 Å². The largest absolute Gasteiger partial charge is 0.415 e. The highest BCUT2D eigenvalue weighted by atomic mass is 32.1. The van der Waals surface area contributed by atoms with Crippen molar-refractivity contribution in [3.05, 3.63) is 23.8 Å². The van der Waals surface area contributed by atoms with Crippen LogP contribution >= 0.6 is 11.3 Å². The van der Waals surface area contributed by atoms with Gasteiger partial charge in [-0.3, -0.25) is 4.79 Å². The fourth-order valence-corrected chi connectivity index (χ4v) is 5.32. The Labute approximate surface area is 142 Å². The van der Waals surface area contributed by atoms with Gasteiger partial charge in [0.1, 0.15) is 0 Å². The van der Waals surface area contributed by atoms with E-state index in [2.05, 4.69) is 25.7 Å². The summed E-state index contributed by atoms with van der Waals surface area (Å²) < 4.78 is 7.81. The first-order valence-corrected chi connectivity index (χ1v) is 12.1. The molecule has 0 bridgehead atoms. The van der Waals surface area contributed by atoms with Gasteiger partial charge in [0.15, 0.2) is 12.0 Å². The molecule has 124 valence electrons. The summed E-state index contributed by atoms with van der Waals surface area (Å²) in [5.74, 6) is 0.393. The van der Waals surface area contributed by atoms with Gasteiger partial charge >= 0.3 is 6.09 Å². The van der Waals surface area contributed by atoms with Crippen LogP contribution < -0.4 is 9.24 Å². The summed E-state index contributed by atoms with van der Waals surface area (Å²) in [5.41, 5.74) is 0.419. The molecule has 0 unspecified atom stereocenters. The minimum atomic E-state index is -1.46. The lowest BCUT2D eigenvalue weighted by Gasteiger charge is -2.18. The summed E-state index contributed by atoms with van der Waals surface area (Å²) in [7, 11) is -1.46. The topological polar surface area (TPSA) is 46.6 Å². The van der Waals surface area contributed by atoms with Crippen molar-refractivity contribution >= 4 is 46.4 Å². The van der Waals surface area contributed by atoms with Gasteiger partial charge in [0, 0.05) is 13.1 Å². The van der Waals surface area contributed by atoms with Gasteiger partial charge in [0.2, 0.25) is 0 Å². The van der Waals surface area contributed by atoms with E-state index in [-0.39, 0.29) is 0 Å². The molecule has 0 atom stereocenters. The van der Waals surface area contributed by atoms with Gasteiger partial charge in [0.25, 0.3) is 0 Å². The monoisotopic (exact) mass is 349 g/mol. The average Bonchev–Trinajstić information content (AvgIpc) is 2.93. The number of aldehydes is 1. The SMILES string of the molecule is CCN(CC)C(=O)Oc1c(C=O)ccc2cc([Si](C)(C)C)sc12. The van der Waals surface area contributed by atoms with Crippen LogP contribution in [0.2, 0.25) is 19.6 Å². The van der Waals surface area contributed by atoms with Gasteiger partial charge in [0.05, 0.1) is 18.3 Å². The summed E-state index contributed by atoms with van der Waals surface area (Å²) in [6, 6.07) is 5.81. The molecule has 0 fully saturated rings. The van der Waals surface area contributed by atoms with E-state index >= 15 is 0 Å². The number of carbonyl (C=O) groups excluding carboxylic acids is 2. The van der Waals surface area contributed by atoms with Crippen molar-refractivity contribution in [3.8, 4) is 5.75 Å². The lowest BCUT2D eigenvalue weighted by Crippen LogP contribution is -2.34. The molecular formula is C17H23NO3SSi. The summed E-state index contributed by atoms with van der Waals surface area (Å²) >= 11 is 1.64. The van der Waals surface area contributed by atoms with Crippen LogP contribution in [0.3, 0.4) is 0 Å². The minimum Gasteiger partial charge on any atom is -0.408 e. The molecule has 1 amide bonds. The molecule has 1 aromatic carbocycles. The van der Waals surface area contributed by atoms with Crippen LogP contribution in [0.15, 0.2) is 18.2 Å². The van der Waals surface area contributed by atoms with Crippen LogP contribution in [-0.2, 0) is 0 Å². The zero-order chi connectivity index (χ0) is 17.2. The molecule has 1 heterocycles. The number of ether oxygens (including phenoxy) is 1. The molecule has 0 aliphatic rings. The number of nitrogens with zero attached hydrogens (tertiary/aromatic N) is 1. The van der Waals surface area contributed by atoms with Crippen LogP contribution in [0.5, 0.6) is 5.75 Å². The van der Waals surface area contributed by atoms with Gasteiger partial charge in [-0.2, -0.15) is 0 Å². The van der Waals surface area contributed by atoms with Crippen molar-refractivity contribution < 1.29 is 14.3 Å². The molecule has 0 saturated heterocycles. The summed E-state index contributed by atoms with van der Waals surface area (Å²) in [6.45, 7) is 11.8. The molecule has 2 aromatic rings.